The fourth-order valence-electron chi connectivity index (χ4n) is 1.83. The summed E-state index contributed by atoms with van der Waals surface area (Å²) in [5, 5.41) is 0. The van der Waals surface area contributed by atoms with Crippen LogP contribution in [0.1, 0.15) is 34.6 Å². The number of thiocarbonyl (C=S) groups is 2. The molecule has 134 valence electrons. The van der Waals surface area contributed by atoms with Gasteiger partial charge in [0.15, 0.2) is 0 Å². The molecule has 0 heterocycles. The first-order valence-electron chi connectivity index (χ1n) is 7.89. The van der Waals surface area contributed by atoms with E-state index in [1.807, 2.05) is 0 Å². The van der Waals surface area contributed by atoms with E-state index >= 15 is 0 Å². The molecule has 0 N–H and O–H groups in total. The summed E-state index contributed by atoms with van der Waals surface area (Å²) in [5.41, 5.74) is 0. The van der Waals surface area contributed by atoms with Crippen molar-refractivity contribution in [1.82, 2.24) is 9.80 Å². The minimum atomic E-state index is -0.265. The molecule has 0 fully saturated rings. The maximum Gasteiger partial charge on any atom is 0.302 e. The van der Waals surface area contributed by atoms with E-state index < -0.39 is 0 Å². The van der Waals surface area contributed by atoms with Crippen LogP contribution >= 0.6 is 48.0 Å². The molecule has 0 aliphatic rings. The van der Waals surface area contributed by atoms with Gasteiger partial charge in [0.1, 0.15) is 14.7 Å². The minimum Gasteiger partial charge on any atom is -0.461 e. The monoisotopic (exact) mass is 396 g/mol. The zero-order valence-corrected chi connectivity index (χ0v) is 17.9. The third-order valence-corrected chi connectivity index (χ3v) is 6.47. The van der Waals surface area contributed by atoms with Crippen molar-refractivity contribution in [1.29, 1.82) is 0 Å². The standard InChI is InChI=1S/C15H28N2O2S4/c1-6-16(7-2)14(20)22-10-13(19-12(5)18)11-23-15(21)17(8-3)9-4/h13H,6-11H2,1-5H3. The zero-order valence-electron chi connectivity index (χ0n) is 14.7. The lowest BCUT2D eigenvalue weighted by atomic mass is 10.5. The average molecular weight is 397 g/mol. The van der Waals surface area contributed by atoms with Crippen molar-refractivity contribution < 1.29 is 9.53 Å². The van der Waals surface area contributed by atoms with Gasteiger partial charge in [-0.1, -0.05) is 48.0 Å². The quantitative estimate of drug-likeness (QED) is 0.431. The highest BCUT2D eigenvalue weighted by atomic mass is 32.2. The molecule has 0 aromatic carbocycles. The summed E-state index contributed by atoms with van der Waals surface area (Å²) in [4.78, 5) is 15.6. The molecule has 0 aromatic rings. The van der Waals surface area contributed by atoms with Gasteiger partial charge in [-0.15, -0.1) is 0 Å². The van der Waals surface area contributed by atoms with Gasteiger partial charge in [-0.05, 0) is 27.7 Å². The van der Waals surface area contributed by atoms with Gasteiger partial charge in [0.05, 0.1) is 0 Å². The highest BCUT2D eigenvalue weighted by Crippen LogP contribution is 2.18. The van der Waals surface area contributed by atoms with Gasteiger partial charge < -0.3 is 14.5 Å². The number of hydrogen-bond acceptors (Lipinski definition) is 6. The van der Waals surface area contributed by atoms with Crippen LogP contribution in [0.3, 0.4) is 0 Å². The molecule has 8 heteroatoms. The van der Waals surface area contributed by atoms with E-state index in [-0.39, 0.29) is 12.1 Å². The summed E-state index contributed by atoms with van der Waals surface area (Å²) in [6.45, 7) is 13.3. The van der Waals surface area contributed by atoms with E-state index in [1.54, 1.807) is 23.5 Å². The van der Waals surface area contributed by atoms with Gasteiger partial charge in [0.2, 0.25) is 0 Å². The van der Waals surface area contributed by atoms with Gasteiger partial charge in [-0.2, -0.15) is 0 Å². The van der Waals surface area contributed by atoms with E-state index in [0.717, 1.165) is 34.8 Å². The summed E-state index contributed by atoms with van der Waals surface area (Å²) in [5.74, 6) is 1.05. The Balaban J connectivity index is 4.50. The van der Waals surface area contributed by atoms with E-state index in [0.29, 0.717) is 11.5 Å². The van der Waals surface area contributed by atoms with Crippen LogP contribution in [0.2, 0.25) is 0 Å². The average Bonchev–Trinajstić information content (AvgIpc) is 2.51. The van der Waals surface area contributed by atoms with Crippen molar-refractivity contribution in [2.45, 2.75) is 40.7 Å². The highest BCUT2D eigenvalue weighted by molar-refractivity contribution is 8.23. The number of carbonyl (C=O) groups excluding carboxylic acids is 1. The first-order valence-corrected chi connectivity index (χ1v) is 10.7. The Hall–Kier alpha value is -0.0500. The number of thioether (sulfide) groups is 2. The van der Waals surface area contributed by atoms with Crippen LogP contribution in [0.4, 0.5) is 0 Å². The molecule has 0 aliphatic heterocycles. The Bertz CT molecular complexity index is 358. The highest BCUT2D eigenvalue weighted by Gasteiger charge is 2.17. The van der Waals surface area contributed by atoms with Gasteiger partial charge in [-0.3, -0.25) is 4.79 Å². The van der Waals surface area contributed by atoms with Crippen LogP contribution in [0, 0.1) is 0 Å². The number of esters is 1. The molecule has 0 saturated heterocycles. The second kappa shape index (κ2) is 13.3. The summed E-state index contributed by atoms with van der Waals surface area (Å²) in [7, 11) is 0. The number of hydrogen-bond donors (Lipinski definition) is 0. The summed E-state index contributed by atoms with van der Waals surface area (Å²) in [6, 6.07) is 0. The molecule has 0 saturated carbocycles. The molecular weight excluding hydrogens is 368 g/mol. The Kier molecular flexibility index (Phi) is 13.2. The SMILES string of the molecule is CCN(CC)C(=S)SCC(CSC(=S)N(CC)CC)OC(C)=O. The molecule has 0 amide bonds. The van der Waals surface area contributed by atoms with Crippen LogP contribution in [-0.2, 0) is 9.53 Å². The van der Waals surface area contributed by atoms with Crippen LogP contribution < -0.4 is 0 Å². The minimum absolute atomic E-state index is 0.190. The van der Waals surface area contributed by atoms with Crippen molar-refractivity contribution in [3.8, 4) is 0 Å². The largest absolute Gasteiger partial charge is 0.461 e. The number of nitrogens with zero attached hydrogens (tertiary/aromatic N) is 2. The molecule has 0 rings (SSSR count). The van der Waals surface area contributed by atoms with Crippen molar-refractivity contribution in [3.05, 3.63) is 0 Å². The first-order chi connectivity index (χ1) is 10.9. The molecule has 23 heavy (non-hydrogen) atoms. The van der Waals surface area contributed by atoms with Gasteiger partial charge in [-0.25, -0.2) is 0 Å². The number of rotatable bonds is 9. The van der Waals surface area contributed by atoms with Crippen molar-refractivity contribution in [3.63, 3.8) is 0 Å². The summed E-state index contributed by atoms with van der Waals surface area (Å²) >= 11 is 14.0. The zero-order chi connectivity index (χ0) is 17.8. The fourth-order valence-corrected chi connectivity index (χ4v) is 4.81. The summed E-state index contributed by atoms with van der Waals surface area (Å²) in [6.07, 6.45) is -0.190. The molecule has 0 spiro atoms. The first kappa shape index (κ1) is 22.9. The lowest BCUT2D eigenvalue weighted by Gasteiger charge is -2.24. The fraction of sp³-hybridized carbons (Fsp3) is 0.800. The normalized spacial score (nSPS) is 10.5. The van der Waals surface area contributed by atoms with E-state index in [1.165, 1.54) is 6.92 Å². The van der Waals surface area contributed by atoms with Gasteiger partial charge >= 0.3 is 5.97 Å². The predicted molar refractivity (Wildman–Crippen MR) is 112 cm³/mol. The Labute approximate surface area is 160 Å². The molecule has 0 radical (unpaired) electrons. The molecule has 0 atom stereocenters. The van der Waals surface area contributed by atoms with Crippen molar-refractivity contribution >= 4 is 62.6 Å². The summed E-state index contributed by atoms with van der Waals surface area (Å²) < 4.78 is 7.11. The lowest BCUT2D eigenvalue weighted by Crippen LogP contribution is -2.31. The van der Waals surface area contributed by atoms with Crippen molar-refractivity contribution in [2.75, 3.05) is 37.7 Å². The second-order valence-corrected chi connectivity index (χ2v) is 8.04. The number of carbonyl (C=O) groups is 1. The Morgan fingerprint density at radius 1 is 0.913 bits per heavy atom. The molecule has 4 nitrogen and oxygen atoms in total. The van der Waals surface area contributed by atoms with E-state index in [2.05, 4.69) is 37.5 Å². The Morgan fingerprint density at radius 3 is 1.52 bits per heavy atom. The molecule has 0 unspecified atom stereocenters. The Morgan fingerprint density at radius 2 is 1.26 bits per heavy atom. The van der Waals surface area contributed by atoms with Crippen LogP contribution in [0.15, 0.2) is 0 Å². The second-order valence-electron chi connectivity index (χ2n) is 4.73. The molecule has 0 bridgehead atoms. The predicted octanol–water partition coefficient (Wildman–Crippen LogP) is 3.64. The van der Waals surface area contributed by atoms with Crippen LogP contribution in [0.5, 0.6) is 0 Å². The van der Waals surface area contributed by atoms with E-state index in [4.69, 9.17) is 29.2 Å². The maximum absolute atomic E-state index is 11.3. The molecule has 0 aliphatic carbocycles. The number of ether oxygens (including phenoxy) is 1. The molecular formula is C15H28N2O2S4. The topological polar surface area (TPSA) is 32.8 Å². The van der Waals surface area contributed by atoms with E-state index in [9.17, 15) is 4.79 Å². The third-order valence-electron chi connectivity index (χ3n) is 3.16. The smallest absolute Gasteiger partial charge is 0.302 e. The maximum atomic E-state index is 11.3. The lowest BCUT2D eigenvalue weighted by molar-refractivity contribution is -0.144. The van der Waals surface area contributed by atoms with Crippen molar-refractivity contribution in [2.24, 2.45) is 0 Å². The van der Waals surface area contributed by atoms with Gasteiger partial charge in [0, 0.05) is 44.6 Å². The third kappa shape index (κ3) is 9.74. The van der Waals surface area contributed by atoms with Crippen LogP contribution in [-0.4, -0.2) is 68.2 Å². The van der Waals surface area contributed by atoms with Crippen LogP contribution in [0.25, 0.3) is 0 Å². The molecule has 0 aromatic heterocycles. The van der Waals surface area contributed by atoms with Gasteiger partial charge in [0.25, 0.3) is 0 Å².